The van der Waals surface area contributed by atoms with Crippen LogP contribution >= 0.6 is 0 Å². The average Bonchev–Trinajstić information content (AvgIpc) is 2.62. The van der Waals surface area contributed by atoms with E-state index < -0.39 is 0 Å². The maximum Gasteiger partial charge on any atom is 0.222 e. The fourth-order valence-electron chi connectivity index (χ4n) is 3.68. The number of likely N-dealkylation sites (tertiary alicyclic amines) is 1. The number of primary amides is 1. The highest BCUT2D eigenvalue weighted by Gasteiger charge is 2.43. The highest BCUT2D eigenvalue weighted by molar-refractivity contribution is 5.77. The molecule has 2 fully saturated rings. The van der Waals surface area contributed by atoms with Gasteiger partial charge in [-0.15, -0.1) is 0 Å². The third-order valence-electron chi connectivity index (χ3n) is 4.74. The van der Waals surface area contributed by atoms with Crippen LogP contribution in [-0.4, -0.2) is 28.9 Å². The third kappa shape index (κ3) is 1.97. The van der Waals surface area contributed by atoms with Crippen molar-refractivity contribution in [2.75, 3.05) is 6.54 Å². The van der Waals surface area contributed by atoms with Crippen LogP contribution in [0.15, 0.2) is 0 Å². The van der Waals surface area contributed by atoms with Crippen molar-refractivity contribution < 1.29 is 4.79 Å². The molecular weight excluding hydrogens is 200 g/mol. The Morgan fingerprint density at radius 2 is 1.94 bits per heavy atom. The van der Waals surface area contributed by atoms with Crippen molar-refractivity contribution in [3.63, 3.8) is 0 Å². The largest absolute Gasteiger partial charge is 0.369 e. The number of nitrogens with zero attached hydrogens (tertiary/aromatic N) is 1. The molecule has 16 heavy (non-hydrogen) atoms. The topological polar surface area (TPSA) is 46.3 Å². The van der Waals surface area contributed by atoms with E-state index in [4.69, 9.17) is 5.73 Å². The number of carbonyl (C=O) groups excluding carboxylic acids is 1. The SMILES string of the molecule is CC1C(C(N)=O)CCN1C1(C)CCCCC1. The number of nitrogens with two attached hydrogens (primary N) is 1. The van der Waals surface area contributed by atoms with Gasteiger partial charge in [0.25, 0.3) is 0 Å². The minimum absolute atomic E-state index is 0.0683. The highest BCUT2D eigenvalue weighted by Crippen LogP contribution is 2.39. The van der Waals surface area contributed by atoms with Crippen molar-refractivity contribution in [1.82, 2.24) is 4.90 Å². The van der Waals surface area contributed by atoms with E-state index in [-0.39, 0.29) is 11.8 Å². The van der Waals surface area contributed by atoms with Gasteiger partial charge < -0.3 is 5.73 Å². The van der Waals surface area contributed by atoms with Gasteiger partial charge in [0.15, 0.2) is 0 Å². The lowest BCUT2D eigenvalue weighted by atomic mass is 9.81. The maximum absolute atomic E-state index is 11.3. The van der Waals surface area contributed by atoms with Gasteiger partial charge in [-0.05, 0) is 39.7 Å². The fraction of sp³-hybridized carbons (Fsp3) is 0.923. The summed E-state index contributed by atoms with van der Waals surface area (Å²) in [6.07, 6.45) is 7.55. The van der Waals surface area contributed by atoms with Gasteiger partial charge in [-0.25, -0.2) is 0 Å². The smallest absolute Gasteiger partial charge is 0.222 e. The fourth-order valence-corrected chi connectivity index (χ4v) is 3.68. The minimum atomic E-state index is -0.116. The van der Waals surface area contributed by atoms with Gasteiger partial charge in [-0.2, -0.15) is 0 Å². The summed E-state index contributed by atoms with van der Waals surface area (Å²) < 4.78 is 0. The summed E-state index contributed by atoms with van der Waals surface area (Å²) in [4.78, 5) is 13.9. The number of amides is 1. The molecule has 1 saturated carbocycles. The Morgan fingerprint density at radius 3 is 2.44 bits per heavy atom. The first-order valence-electron chi connectivity index (χ1n) is 6.61. The molecule has 0 radical (unpaired) electrons. The highest BCUT2D eigenvalue weighted by atomic mass is 16.1. The van der Waals surface area contributed by atoms with Crippen molar-refractivity contribution in [2.45, 2.75) is 64.0 Å². The van der Waals surface area contributed by atoms with Crippen LogP contribution in [0, 0.1) is 5.92 Å². The summed E-state index contributed by atoms with van der Waals surface area (Å²) in [7, 11) is 0. The summed E-state index contributed by atoms with van der Waals surface area (Å²) in [6, 6.07) is 0.334. The zero-order valence-corrected chi connectivity index (χ0v) is 10.5. The molecule has 0 bridgehead atoms. The van der Waals surface area contributed by atoms with Crippen molar-refractivity contribution in [2.24, 2.45) is 11.7 Å². The standard InChI is InChI=1S/C13H24N2O/c1-10-11(12(14)16)6-9-15(10)13(2)7-4-3-5-8-13/h10-11H,3-9H2,1-2H3,(H2,14,16). The van der Waals surface area contributed by atoms with Crippen LogP contribution in [0.5, 0.6) is 0 Å². The zero-order chi connectivity index (χ0) is 11.8. The van der Waals surface area contributed by atoms with Gasteiger partial charge in [0.05, 0.1) is 5.92 Å². The zero-order valence-electron chi connectivity index (χ0n) is 10.5. The molecule has 1 heterocycles. The predicted molar refractivity (Wildman–Crippen MR) is 65.0 cm³/mol. The van der Waals surface area contributed by atoms with Crippen molar-refractivity contribution in [3.8, 4) is 0 Å². The summed E-state index contributed by atoms with van der Waals surface area (Å²) in [6.45, 7) is 5.58. The van der Waals surface area contributed by atoms with Gasteiger partial charge >= 0.3 is 0 Å². The molecule has 2 aliphatic rings. The molecule has 2 unspecified atom stereocenters. The molecule has 2 rings (SSSR count). The van der Waals surface area contributed by atoms with Gasteiger partial charge in [0.1, 0.15) is 0 Å². The number of hydrogen-bond acceptors (Lipinski definition) is 2. The lowest BCUT2D eigenvalue weighted by molar-refractivity contribution is -0.122. The third-order valence-corrected chi connectivity index (χ3v) is 4.74. The first-order chi connectivity index (χ1) is 7.54. The second-order valence-electron chi connectivity index (χ2n) is 5.79. The van der Waals surface area contributed by atoms with E-state index >= 15 is 0 Å². The number of hydrogen-bond donors (Lipinski definition) is 1. The van der Waals surface area contributed by atoms with E-state index in [1.54, 1.807) is 0 Å². The second-order valence-corrected chi connectivity index (χ2v) is 5.79. The van der Waals surface area contributed by atoms with E-state index in [0.29, 0.717) is 11.6 Å². The predicted octanol–water partition coefficient (Wildman–Crippen LogP) is 1.90. The summed E-state index contributed by atoms with van der Waals surface area (Å²) in [5, 5.41) is 0. The monoisotopic (exact) mass is 224 g/mol. The van der Waals surface area contributed by atoms with Crippen LogP contribution in [0.3, 0.4) is 0 Å². The van der Waals surface area contributed by atoms with E-state index in [1.165, 1.54) is 32.1 Å². The van der Waals surface area contributed by atoms with E-state index in [1.807, 2.05) is 0 Å². The van der Waals surface area contributed by atoms with Gasteiger partial charge in [0.2, 0.25) is 5.91 Å². The summed E-state index contributed by atoms with van der Waals surface area (Å²) >= 11 is 0. The molecule has 3 heteroatoms. The molecule has 1 saturated heterocycles. The average molecular weight is 224 g/mol. The van der Waals surface area contributed by atoms with Crippen LogP contribution < -0.4 is 5.73 Å². The van der Waals surface area contributed by atoms with Crippen LogP contribution in [-0.2, 0) is 4.79 Å². The van der Waals surface area contributed by atoms with Gasteiger partial charge in [0, 0.05) is 11.6 Å². The van der Waals surface area contributed by atoms with Crippen LogP contribution in [0.4, 0.5) is 0 Å². The molecule has 1 amide bonds. The van der Waals surface area contributed by atoms with Crippen molar-refractivity contribution >= 4 is 5.91 Å². The van der Waals surface area contributed by atoms with Crippen LogP contribution in [0.25, 0.3) is 0 Å². The molecule has 1 aliphatic heterocycles. The molecular formula is C13H24N2O. The Kier molecular flexibility index (Phi) is 3.24. The molecule has 92 valence electrons. The van der Waals surface area contributed by atoms with Gasteiger partial charge in [-0.1, -0.05) is 19.3 Å². The molecule has 2 N–H and O–H groups in total. The molecule has 0 aromatic carbocycles. The molecule has 0 aromatic rings. The lowest BCUT2D eigenvalue weighted by Gasteiger charge is -2.44. The van der Waals surface area contributed by atoms with Gasteiger partial charge in [-0.3, -0.25) is 9.69 Å². The van der Waals surface area contributed by atoms with E-state index in [2.05, 4.69) is 18.7 Å². The second kappa shape index (κ2) is 4.36. The van der Waals surface area contributed by atoms with Crippen molar-refractivity contribution in [1.29, 1.82) is 0 Å². The Hall–Kier alpha value is -0.570. The van der Waals surface area contributed by atoms with Crippen LogP contribution in [0.2, 0.25) is 0 Å². The maximum atomic E-state index is 11.3. The lowest BCUT2D eigenvalue weighted by Crippen LogP contribution is -2.51. The first kappa shape index (κ1) is 11.9. The molecule has 3 nitrogen and oxygen atoms in total. The molecule has 0 spiro atoms. The molecule has 0 aromatic heterocycles. The van der Waals surface area contributed by atoms with E-state index in [9.17, 15) is 4.79 Å². The normalized spacial score (nSPS) is 35.1. The van der Waals surface area contributed by atoms with Crippen LogP contribution in [0.1, 0.15) is 52.4 Å². The summed E-state index contributed by atoms with van der Waals surface area (Å²) in [5.74, 6) is -0.0480. The Labute approximate surface area is 98.4 Å². The van der Waals surface area contributed by atoms with E-state index in [0.717, 1.165) is 13.0 Å². The van der Waals surface area contributed by atoms with Crippen molar-refractivity contribution in [3.05, 3.63) is 0 Å². The first-order valence-corrected chi connectivity index (χ1v) is 6.61. The quantitative estimate of drug-likeness (QED) is 0.778. The molecule has 1 aliphatic carbocycles. The Bertz CT molecular complexity index is 271. The summed E-state index contributed by atoms with van der Waals surface area (Å²) in [5.41, 5.74) is 5.78. The molecule has 2 atom stereocenters. The Morgan fingerprint density at radius 1 is 1.31 bits per heavy atom. The minimum Gasteiger partial charge on any atom is -0.369 e. The number of carbonyl (C=O) groups is 1. The number of rotatable bonds is 2. The Balaban J connectivity index is 2.07.